The Hall–Kier alpha value is -2.73. The largest absolute Gasteiger partial charge is 0.393 e. The number of hydroxylamine groups is 1. The van der Waals surface area contributed by atoms with Crippen LogP contribution in [-0.4, -0.2) is 45.0 Å². The molecule has 0 saturated carbocycles. The highest BCUT2D eigenvalue weighted by atomic mass is 32.1. The second kappa shape index (κ2) is 8.52. The molecule has 28 heavy (non-hydrogen) atoms. The Kier molecular flexibility index (Phi) is 6.09. The van der Waals surface area contributed by atoms with Crippen molar-refractivity contribution < 1.29 is 28.6 Å². The van der Waals surface area contributed by atoms with Crippen molar-refractivity contribution in [2.24, 2.45) is 0 Å². The summed E-state index contributed by atoms with van der Waals surface area (Å²) < 4.78 is 33.1. The number of halogens is 2. The number of benzene rings is 2. The van der Waals surface area contributed by atoms with Gasteiger partial charge in [0, 0.05) is 0 Å². The predicted octanol–water partition coefficient (Wildman–Crippen LogP) is 2.04. The quantitative estimate of drug-likeness (QED) is 0.441. The van der Waals surface area contributed by atoms with Crippen LogP contribution in [0, 0.1) is 18.6 Å². The molecule has 1 aromatic heterocycles. The SMILES string of the molecule is Cc1ccc(Nc2c(C(=O)NOC(CO)CO)cc3snnc3c2F)c(F)c1. The van der Waals surface area contributed by atoms with Gasteiger partial charge < -0.3 is 15.5 Å². The van der Waals surface area contributed by atoms with E-state index in [1.54, 1.807) is 13.0 Å². The summed E-state index contributed by atoms with van der Waals surface area (Å²) in [6, 6.07) is 5.64. The van der Waals surface area contributed by atoms with E-state index in [0.29, 0.717) is 10.3 Å². The van der Waals surface area contributed by atoms with E-state index in [1.807, 2.05) is 5.48 Å². The Balaban J connectivity index is 2.00. The second-order valence-electron chi connectivity index (χ2n) is 5.88. The van der Waals surface area contributed by atoms with Crippen molar-refractivity contribution >= 4 is 39.0 Å². The number of carbonyl (C=O) groups is 1. The number of aromatic nitrogens is 2. The van der Waals surface area contributed by atoms with E-state index in [4.69, 9.17) is 15.1 Å². The first kappa shape index (κ1) is 20.0. The average Bonchev–Trinajstić information content (AvgIpc) is 3.15. The molecule has 1 heterocycles. The molecule has 0 atom stereocenters. The summed E-state index contributed by atoms with van der Waals surface area (Å²) in [5.41, 5.74) is 2.11. The summed E-state index contributed by atoms with van der Waals surface area (Å²) in [6.07, 6.45) is -1.05. The van der Waals surface area contributed by atoms with Crippen LogP contribution in [0.3, 0.4) is 0 Å². The molecule has 3 aromatic rings. The Labute approximate surface area is 161 Å². The van der Waals surface area contributed by atoms with Crippen LogP contribution in [-0.2, 0) is 4.84 Å². The number of nitrogens with one attached hydrogen (secondary N) is 2. The third-order valence-electron chi connectivity index (χ3n) is 3.84. The molecule has 0 aliphatic heterocycles. The lowest BCUT2D eigenvalue weighted by atomic mass is 10.1. The summed E-state index contributed by atoms with van der Waals surface area (Å²) in [5.74, 6) is -2.37. The molecule has 0 aliphatic carbocycles. The van der Waals surface area contributed by atoms with Crippen LogP contribution in [0.1, 0.15) is 15.9 Å². The first-order valence-electron chi connectivity index (χ1n) is 8.10. The van der Waals surface area contributed by atoms with Gasteiger partial charge in [-0.1, -0.05) is 10.6 Å². The van der Waals surface area contributed by atoms with Gasteiger partial charge in [0.15, 0.2) is 5.82 Å². The number of nitrogens with zero attached hydrogens (tertiary/aromatic N) is 2. The van der Waals surface area contributed by atoms with Crippen molar-refractivity contribution in [1.29, 1.82) is 0 Å². The molecule has 0 fully saturated rings. The summed E-state index contributed by atoms with van der Waals surface area (Å²) in [5, 5.41) is 24.3. The molecule has 0 aliphatic rings. The van der Waals surface area contributed by atoms with Crippen LogP contribution in [0.2, 0.25) is 0 Å². The summed E-state index contributed by atoms with van der Waals surface area (Å²) >= 11 is 0.883. The molecule has 1 amide bonds. The first-order valence-corrected chi connectivity index (χ1v) is 8.87. The van der Waals surface area contributed by atoms with Gasteiger partial charge in [-0.25, -0.2) is 14.3 Å². The number of aryl methyl sites for hydroxylation is 1. The highest BCUT2D eigenvalue weighted by Crippen LogP contribution is 2.32. The molecule has 0 spiro atoms. The van der Waals surface area contributed by atoms with Crippen LogP contribution >= 0.6 is 11.5 Å². The van der Waals surface area contributed by atoms with E-state index < -0.39 is 36.9 Å². The van der Waals surface area contributed by atoms with Crippen LogP contribution in [0.5, 0.6) is 0 Å². The molecule has 0 saturated heterocycles. The van der Waals surface area contributed by atoms with Gasteiger partial charge in [-0.15, -0.1) is 5.10 Å². The minimum atomic E-state index is -1.05. The smallest absolute Gasteiger partial charge is 0.277 e. The van der Waals surface area contributed by atoms with Gasteiger partial charge in [-0.2, -0.15) is 0 Å². The Morgan fingerprint density at radius 1 is 1.29 bits per heavy atom. The molecular weight excluding hydrogens is 394 g/mol. The van der Waals surface area contributed by atoms with Gasteiger partial charge >= 0.3 is 0 Å². The van der Waals surface area contributed by atoms with Crippen LogP contribution in [0.15, 0.2) is 24.3 Å². The maximum atomic E-state index is 15.0. The van der Waals surface area contributed by atoms with Crippen molar-refractivity contribution in [3.63, 3.8) is 0 Å². The molecule has 0 unspecified atom stereocenters. The van der Waals surface area contributed by atoms with Crippen molar-refractivity contribution in [3.05, 3.63) is 47.0 Å². The van der Waals surface area contributed by atoms with E-state index in [1.165, 1.54) is 18.2 Å². The highest BCUT2D eigenvalue weighted by molar-refractivity contribution is 7.13. The lowest BCUT2D eigenvalue weighted by Gasteiger charge is -2.16. The number of aliphatic hydroxyl groups is 2. The minimum Gasteiger partial charge on any atom is -0.393 e. The van der Waals surface area contributed by atoms with Gasteiger partial charge in [0.25, 0.3) is 5.91 Å². The van der Waals surface area contributed by atoms with E-state index in [9.17, 15) is 13.6 Å². The first-order chi connectivity index (χ1) is 13.4. The molecule has 4 N–H and O–H groups in total. The average molecular weight is 410 g/mol. The zero-order chi connectivity index (χ0) is 20.3. The minimum absolute atomic E-state index is 0.0365. The number of anilines is 2. The number of fused-ring (bicyclic) bond motifs is 1. The van der Waals surface area contributed by atoms with Crippen LogP contribution < -0.4 is 10.8 Å². The Morgan fingerprint density at radius 2 is 2.04 bits per heavy atom. The molecular formula is C17H16F2N4O4S. The van der Waals surface area contributed by atoms with E-state index >= 15 is 0 Å². The topological polar surface area (TPSA) is 117 Å². The molecule has 0 radical (unpaired) electrons. The number of amides is 1. The summed E-state index contributed by atoms with van der Waals surface area (Å²) in [7, 11) is 0. The van der Waals surface area contributed by atoms with Gasteiger partial charge in [-0.05, 0) is 42.2 Å². The van der Waals surface area contributed by atoms with Gasteiger partial charge in [0.1, 0.15) is 17.4 Å². The molecule has 2 aromatic carbocycles. The van der Waals surface area contributed by atoms with Gasteiger partial charge in [-0.3, -0.25) is 9.63 Å². The molecule has 11 heteroatoms. The third-order valence-corrected chi connectivity index (χ3v) is 4.51. The zero-order valence-corrected chi connectivity index (χ0v) is 15.4. The van der Waals surface area contributed by atoms with E-state index in [0.717, 1.165) is 11.5 Å². The number of hydrogen-bond acceptors (Lipinski definition) is 8. The number of rotatable bonds is 7. The molecule has 8 nitrogen and oxygen atoms in total. The van der Waals surface area contributed by atoms with Crippen LogP contribution in [0.25, 0.3) is 10.2 Å². The maximum Gasteiger partial charge on any atom is 0.277 e. The number of aliphatic hydroxyl groups excluding tert-OH is 2. The molecule has 3 rings (SSSR count). The molecule has 148 valence electrons. The molecule has 0 bridgehead atoms. The lowest BCUT2D eigenvalue weighted by Crippen LogP contribution is -2.34. The maximum absolute atomic E-state index is 15.0. The highest BCUT2D eigenvalue weighted by Gasteiger charge is 2.23. The standard InChI is InChI=1S/C17H16F2N4O4S/c1-8-2-3-12(11(18)4-8)20-15-10(17(26)22-27-9(6-24)7-25)5-13-16(14(15)19)21-23-28-13/h2-5,9,20,24-25H,6-7H2,1H3,(H,22,26). The summed E-state index contributed by atoms with van der Waals surface area (Å²) in [6.45, 7) is 0.626. The van der Waals surface area contributed by atoms with Crippen LogP contribution in [0.4, 0.5) is 20.2 Å². The Morgan fingerprint density at radius 3 is 2.71 bits per heavy atom. The second-order valence-corrected chi connectivity index (χ2v) is 6.66. The number of hydrogen-bond donors (Lipinski definition) is 4. The lowest BCUT2D eigenvalue weighted by molar-refractivity contribution is -0.0618. The number of carbonyl (C=O) groups excluding carboxylic acids is 1. The fourth-order valence-electron chi connectivity index (χ4n) is 2.37. The van der Waals surface area contributed by atoms with E-state index in [-0.39, 0.29) is 22.5 Å². The monoisotopic (exact) mass is 410 g/mol. The Bertz CT molecular complexity index is 1010. The van der Waals surface area contributed by atoms with Crippen molar-refractivity contribution in [3.8, 4) is 0 Å². The predicted molar refractivity (Wildman–Crippen MR) is 98.3 cm³/mol. The van der Waals surface area contributed by atoms with Crippen molar-refractivity contribution in [1.82, 2.24) is 15.1 Å². The third kappa shape index (κ3) is 4.07. The van der Waals surface area contributed by atoms with Gasteiger partial charge in [0.2, 0.25) is 0 Å². The van der Waals surface area contributed by atoms with E-state index in [2.05, 4.69) is 14.9 Å². The van der Waals surface area contributed by atoms with Crippen molar-refractivity contribution in [2.75, 3.05) is 18.5 Å². The zero-order valence-electron chi connectivity index (χ0n) is 14.6. The fraction of sp³-hybridized carbons (Fsp3) is 0.235. The fourth-order valence-corrected chi connectivity index (χ4v) is 2.96. The normalized spacial score (nSPS) is 11.2. The summed E-state index contributed by atoms with van der Waals surface area (Å²) in [4.78, 5) is 17.4. The van der Waals surface area contributed by atoms with Crippen molar-refractivity contribution in [2.45, 2.75) is 13.0 Å². The van der Waals surface area contributed by atoms with Gasteiger partial charge in [0.05, 0.1) is 34.9 Å².